The summed E-state index contributed by atoms with van der Waals surface area (Å²) in [6.07, 6.45) is 0. The Hall–Kier alpha value is -7.37. The van der Waals surface area contributed by atoms with E-state index in [0.717, 1.165) is 66.3 Å². The van der Waals surface area contributed by atoms with E-state index in [0.29, 0.717) is 17.5 Å². The molecule has 0 saturated carbocycles. The molecule has 0 aliphatic carbocycles. The summed E-state index contributed by atoms with van der Waals surface area (Å²) in [7, 11) is 0. The molecule has 252 valence electrons. The molecule has 11 aromatic rings. The van der Waals surface area contributed by atoms with Crippen LogP contribution < -0.4 is 0 Å². The summed E-state index contributed by atoms with van der Waals surface area (Å²) in [6, 6.07) is 63.4. The molecular weight excluding hydrogens is 661 g/mol. The molecule has 0 atom stereocenters. The Balaban J connectivity index is 1.18. The van der Waals surface area contributed by atoms with Gasteiger partial charge in [-0.1, -0.05) is 133 Å². The minimum absolute atomic E-state index is 0.579. The van der Waals surface area contributed by atoms with Gasteiger partial charge in [0.15, 0.2) is 17.5 Å². The van der Waals surface area contributed by atoms with Gasteiger partial charge < -0.3 is 8.98 Å². The molecule has 0 amide bonds. The summed E-state index contributed by atoms with van der Waals surface area (Å²) in [6.45, 7) is 0. The van der Waals surface area contributed by atoms with Crippen molar-refractivity contribution < 1.29 is 4.42 Å². The minimum atomic E-state index is 0.579. The van der Waals surface area contributed by atoms with Crippen LogP contribution in [0.3, 0.4) is 0 Å². The predicted octanol–water partition coefficient (Wildman–Crippen LogP) is 12.7. The van der Waals surface area contributed by atoms with Crippen LogP contribution in [0.5, 0.6) is 0 Å². The van der Waals surface area contributed by atoms with Crippen molar-refractivity contribution in [2.75, 3.05) is 0 Å². The van der Waals surface area contributed by atoms with Crippen LogP contribution in [0.1, 0.15) is 0 Å². The maximum Gasteiger partial charge on any atom is 0.164 e. The van der Waals surface area contributed by atoms with Gasteiger partial charge in [-0.2, -0.15) is 0 Å². The first-order valence-electron chi connectivity index (χ1n) is 18.1. The highest BCUT2D eigenvalue weighted by atomic mass is 16.3. The van der Waals surface area contributed by atoms with Gasteiger partial charge in [-0.25, -0.2) is 15.0 Å². The first kappa shape index (κ1) is 30.3. The lowest BCUT2D eigenvalue weighted by Crippen LogP contribution is -2.00. The maximum absolute atomic E-state index is 6.61. The Labute approximate surface area is 310 Å². The zero-order valence-electron chi connectivity index (χ0n) is 29.0. The molecule has 0 radical (unpaired) electrons. The number of hydrogen-bond acceptors (Lipinski definition) is 4. The lowest BCUT2D eigenvalue weighted by atomic mass is 9.95. The van der Waals surface area contributed by atoms with Gasteiger partial charge in [0.1, 0.15) is 11.2 Å². The molecule has 0 bridgehead atoms. The van der Waals surface area contributed by atoms with Gasteiger partial charge in [0, 0.05) is 43.9 Å². The molecule has 54 heavy (non-hydrogen) atoms. The molecule has 0 N–H and O–H groups in total. The minimum Gasteiger partial charge on any atom is -0.456 e. The number of fused-ring (bicyclic) bond motifs is 7. The molecule has 8 aromatic carbocycles. The summed E-state index contributed by atoms with van der Waals surface area (Å²) in [5, 5.41) is 6.84. The van der Waals surface area contributed by atoms with Crippen molar-refractivity contribution in [3.8, 4) is 51.0 Å². The Morgan fingerprint density at radius 3 is 1.83 bits per heavy atom. The van der Waals surface area contributed by atoms with Gasteiger partial charge in [0.05, 0.1) is 11.0 Å². The Morgan fingerprint density at radius 1 is 0.370 bits per heavy atom. The quantitative estimate of drug-likeness (QED) is 0.180. The second kappa shape index (κ2) is 12.1. The zero-order valence-corrected chi connectivity index (χ0v) is 29.0. The second-order valence-electron chi connectivity index (χ2n) is 13.6. The third-order valence-corrected chi connectivity index (χ3v) is 10.4. The molecule has 11 rings (SSSR count). The van der Waals surface area contributed by atoms with E-state index < -0.39 is 0 Å². The van der Waals surface area contributed by atoms with Crippen molar-refractivity contribution in [2.45, 2.75) is 0 Å². The second-order valence-corrected chi connectivity index (χ2v) is 13.6. The summed E-state index contributed by atoms with van der Waals surface area (Å²) < 4.78 is 8.96. The first-order chi connectivity index (χ1) is 26.7. The molecule has 3 heterocycles. The molecule has 0 spiro atoms. The first-order valence-corrected chi connectivity index (χ1v) is 18.1. The molecule has 0 aliphatic heterocycles. The van der Waals surface area contributed by atoms with Crippen molar-refractivity contribution in [1.82, 2.24) is 19.5 Å². The summed E-state index contributed by atoms with van der Waals surface area (Å²) >= 11 is 0. The van der Waals surface area contributed by atoms with Crippen molar-refractivity contribution >= 4 is 54.5 Å². The number of nitrogens with zero attached hydrogens (tertiary/aromatic N) is 4. The van der Waals surface area contributed by atoms with E-state index >= 15 is 0 Å². The highest BCUT2D eigenvalue weighted by molar-refractivity contribution is 6.15. The smallest absolute Gasteiger partial charge is 0.164 e. The third-order valence-electron chi connectivity index (χ3n) is 10.4. The summed E-state index contributed by atoms with van der Waals surface area (Å²) in [4.78, 5) is 15.3. The van der Waals surface area contributed by atoms with E-state index in [9.17, 15) is 0 Å². The monoisotopic (exact) mass is 690 g/mol. The number of para-hydroxylation sites is 3. The highest BCUT2D eigenvalue weighted by Gasteiger charge is 2.20. The van der Waals surface area contributed by atoms with Crippen LogP contribution in [-0.4, -0.2) is 19.5 Å². The van der Waals surface area contributed by atoms with Crippen molar-refractivity contribution in [2.24, 2.45) is 0 Å². The number of hydrogen-bond donors (Lipinski definition) is 0. The van der Waals surface area contributed by atoms with Crippen LogP contribution in [0.4, 0.5) is 0 Å². The van der Waals surface area contributed by atoms with Gasteiger partial charge in [-0.3, -0.25) is 0 Å². The summed E-state index contributed by atoms with van der Waals surface area (Å²) in [5.74, 6) is 1.81. The molecule has 3 aromatic heterocycles. The molecule has 0 saturated heterocycles. The number of furan rings is 1. The fourth-order valence-corrected chi connectivity index (χ4v) is 7.88. The van der Waals surface area contributed by atoms with Gasteiger partial charge in [-0.05, 0) is 70.4 Å². The Bertz CT molecular complexity index is 3220. The Morgan fingerprint density at radius 2 is 1.00 bits per heavy atom. The summed E-state index contributed by atoms with van der Waals surface area (Å²) in [5.41, 5.74) is 9.87. The van der Waals surface area contributed by atoms with Crippen LogP contribution in [0.15, 0.2) is 186 Å². The van der Waals surface area contributed by atoms with E-state index in [1.807, 2.05) is 42.5 Å². The zero-order chi connectivity index (χ0) is 35.6. The standard InChI is InChI=1S/C49H30N4O/c1-3-14-32(15-4-1)47-50-48(35-24-23-31-13-7-8-16-33(31)27-35)52-49(51-47)36-28-41(46-40-20-10-12-22-44(40)54-45(46)30-36)34-25-26-39-38-19-9-11-21-42(38)53(43(39)29-34)37-17-5-2-6-18-37/h1-30H. The van der Waals surface area contributed by atoms with Gasteiger partial charge in [0.25, 0.3) is 0 Å². The van der Waals surface area contributed by atoms with Crippen molar-refractivity contribution in [3.63, 3.8) is 0 Å². The molecular formula is C49H30N4O. The van der Waals surface area contributed by atoms with E-state index in [1.165, 1.54) is 21.7 Å². The normalized spacial score (nSPS) is 11.7. The van der Waals surface area contributed by atoms with Crippen LogP contribution >= 0.6 is 0 Å². The molecule has 0 unspecified atom stereocenters. The van der Waals surface area contributed by atoms with Crippen molar-refractivity contribution in [3.05, 3.63) is 182 Å². The Kier molecular flexibility index (Phi) is 6.79. The van der Waals surface area contributed by atoms with Crippen LogP contribution in [0.2, 0.25) is 0 Å². The lowest BCUT2D eigenvalue weighted by Gasteiger charge is -2.12. The van der Waals surface area contributed by atoms with E-state index in [-0.39, 0.29) is 0 Å². The molecule has 5 heteroatoms. The number of benzene rings is 8. The molecule has 0 fully saturated rings. The van der Waals surface area contributed by atoms with E-state index in [1.54, 1.807) is 0 Å². The average Bonchev–Trinajstić information content (AvgIpc) is 3.79. The molecule has 5 nitrogen and oxygen atoms in total. The number of aromatic nitrogens is 4. The third kappa shape index (κ3) is 4.90. The largest absolute Gasteiger partial charge is 0.456 e. The fourth-order valence-electron chi connectivity index (χ4n) is 7.88. The number of rotatable bonds is 5. The van der Waals surface area contributed by atoms with Crippen LogP contribution in [0.25, 0.3) is 105 Å². The fraction of sp³-hybridized carbons (Fsp3) is 0. The van der Waals surface area contributed by atoms with E-state index in [2.05, 4.69) is 144 Å². The average molecular weight is 691 g/mol. The predicted molar refractivity (Wildman–Crippen MR) is 221 cm³/mol. The van der Waals surface area contributed by atoms with Crippen LogP contribution in [0, 0.1) is 0 Å². The van der Waals surface area contributed by atoms with Gasteiger partial charge in [0.2, 0.25) is 0 Å². The highest BCUT2D eigenvalue weighted by Crippen LogP contribution is 2.42. The SMILES string of the molecule is c1ccc(-c2nc(-c3ccc4ccccc4c3)nc(-c3cc(-c4ccc5c6ccccc6n(-c6ccccc6)c5c4)c4c(c3)oc3ccccc34)n2)cc1. The molecule has 0 aliphatic rings. The van der Waals surface area contributed by atoms with E-state index in [4.69, 9.17) is 19.4 Å². The van der Waals surface area contributed by atoms with Gasteiger partial charge >= 0.3 is 0 Å². The lowest BCUT2D eigenvalue weighted by molar-refractivity contribution is 0.669. The topological polar surface area (TPSA) is 56.7 Å². The van der Waals surface area contributed by atoms with Gasteiger partial charge in [-0.15, -0.1) is 0 Å². The van der Waals surface area contributed by atoms with Crippen LogP contribution in [-0.2, 0) is 0 Å². The van der Waals surface area contributed by atoms with Crippen molar-refractivity contribution in [1.29, 1.82) is 0 Å². The maximum atomic E-state index is 6.61.